The minimum absolute atomic E-state index is 0.113. The van der Waals surface area contributed by atoms with Gasteiger partial charge in [-0.3, -0.25) is 9.78 Å². The molecule has 2 N–H and O–H groups in total. The van der Waals surface area contributed by atoms with Crippen molar-refractivity contribution in [1.29, 1.82) is 0 Å². The van der Waals surface area contributed by atoms with Crippen molar-refractivity contribution in [1.82, 2.24) is 4.98 Å². The molecule has 2 aromatic heterocycles. The Bertz CT molecular complexity index is 1430. The van der Waals surface area contributed by atoms with Crippen molar-refractivity contribution in [3.63, 3.8) is 0 Å². The first kappa shape index (κ1) is 23.0. The zero-order valence-electron chi connectivity index (χ0n) is 19.4. The maximum absolute atomic E-state index is 13.4. The van der Waals surface area contributed by atoms with Gasteiger partial charge in [-0.1, -0.05) is 6.07 Å². The van der Waals surface area contributed by atoms with Crippen molar-refractivity contribution < 1.29 is 23.8 Å². The number of carbonyl (C=O) groups is 1. The molecular formula is C26H25N3O5. The fourth-order valence-corrected chi connectivity index (χ4v) is 3.54. The maximum Gasteiger partial charge on any atom is 0.261 e. The molecule has 0 aliphatic carbocycles. The summed E-state index contributed by atoms with van der Waals surface area (Å²) < 4.78 is 16.7. The Morgan fingerprint density at radius 2 is 1.85 bits per heavy atom. The Kier molecular flexibility index (Phi) is 6.60. The lowest BCUT2D eigenvalue weighted by Gasteiger charge is -2.12. The highest BCUT2D eigenvalue weighted by Gasteiger charge is 2.18. The van der Waals surface area contributed by atoms with E-state index in [9.17, 15) is 9.90 Å². The SMILES string of the molecule is COc1ccc(N=c2oc3c(C)ncc(CO)c3cc2C(=O)Nc2cc(C)ccc2OC)cc1. The number of hydrogen-bond donors (Lipinski definition) is 2. The lowest BCUT2D eigenvalue weighted by molar-refractivity contribution is 0.102. The van der Waals surface area contributed by atoms with Crippen molar-refractivity contribution in [3.8, 4) is 11.5 Å². The number of hydrogen-bond acceptors (Lipinski definition) is 7. The van der Waals surface area contributed by atoms with Crippen LogP contribution in [0.2, 0.25) is 0 Å². The third kappa shape index (κ3) is 4.62. The fraction of sp³-hybridized carbons (Fsp3) is 0.192. The van der Waals surface area contributed by atoms with E-state index >= 15 is 0 Å². The normalized spacial score (nSPS) is 11.5. The van der Waals surface area contributed by atoms with Gasteiger partial charge in [-0.2, -0.15) is 0 Å². The number of aliphatic hydroxyl groups excluding tert-OH is 1. The largest absolute Gasteiger partial charge is 0.497 e. The Balaban J connectivity index is 1.91. The molecule has 2 heterocycles. The molecule has 0 fully saturated rings. The van der Waals surface area contributed by atoms with Crippen LogP contribution in [-0.2, 0) is 6.61 Å². The van der Waals surface area contributed by atoms with E-state index in [4.69, 9.17) is 13.9 Å². The van der Waals surface area contributed by atoms with Crippen LogP contribution in [0.3, 0.4) is 0 Å². The number of ether oxygens (including phenoxy) is 2. The van der Waals surface area contributed by atoms with E-state index in [0.717, 1.165) is 5.56 Å². The van der Waals surface area contributed by atoms with Gasteiger partial charge in [-0.15, -0.1) is 0 Å². The van der Waals surface area contributed by atoms with Gasteiger partial charge in [0.05, 0.1) is 37.9 Å². The summed E-state index contributed by atoms with van der Waals surface area (Å²) in [5, 5.41) is 13.3. The Morgan fingerprint density at radius 1 is 1.09 bits per heavy atom. The standard InChI is InChI=1S/C26H25N3O5/c1-15-5-10-23(33-4)22(11-15)29-25(31)21-12-20-17(14-30)13-27-16(2)24(20)34-26(21)28-18-6-8-19(32-3)9-7-18/h5-13,30H,14H2,1-4H3,(H,29,31). The molecule has 0 saturated heterocycles. The van der Waals surface area contributed by atoms with Gasteiger partial charge >= 0.3 is 0 Å². The van der Waals surface area contributed by atoms with Crippen molar-refractivity contribution in [2.75, 3.05) is 19.5 Å². The van der Waals surface area contributed by atoms with Gasteiger partial charge in [0.15, 0.2) is 5.58 Å². The van der Waals surface area contributed by atoms with E-state index in [1.807, 2.05) is 19.1 Å². The lowest BCUT2D eigenvalue weighted by Crippen LogP contribution is -2.22. The van der Waals surface area contributed by atoms with E-state index in [0.29, 0.717) is 45.1 Å². The summed E-state index contributed by atoms with van der Waals surface area (Å²) in [5.74, 6) is 0.785. The van der Waals surface area contributed by atoms with E-state index in [2.05, 4.69) is 15.3 Å². The molecule has 0 unspecified atom stereocenters. The maximum atomic E-state index is 13.4. The first-order valence-corrected chi connectivity index (χ1v) is 10.6. The first-order chi connectivity index (χ1) is 16.4. The number of fused-ring (bicyclic) bond motifs is 1. The number of pyridine rings is 1. The zero-order chi connectivity index (χ0) is 24.2. The summed E-state index contributed by atoms with van der Waals surface area (Å²) in [5.41, 5.74) is 3.99. The second kappa shape index (κ2) is 9.76. The molecule has 1 amide bonds. The van der Waals surface area contributed by atoms with E-state index in [1.54, 1.807) is 63.7 Å². The number of methoxy groups -OCH3 is 2. The van der Waals surface area contributed by atoms with E-state index in [1.165, 1.54) is 0 Å². The Morgan fingerprint density at radius 3 is 2.53 bits per heavy atom. The number of nitrogens with zero attached hydrogens (tertiary/aromatic N) is 2. The monoisotopic (exact) mass is 459 g/mol. The van der Waals surface area contributed by atoms with Crippen LogP contribution < -0.4 is 20.3 Å². The molecule has 8 heteroatoms. The molecule has 4 rings (SSSR count). The summed E-state index contributed by atoms with van der Waals surface area (Å²) in [4.78, 5) is 22.3. The highest BCUT2D eigenvalue weighted by molar-refractivity contribution is 6.06. The topological polar surface area (TPSA) is 106 Å². The van der Waals surface area contributed by atoms with Gasteiger partial charge < -0.3 is 24.3 Å². The molecule has 0 aliphatic heterocycles. The van der Waals surface area contributed by atoms with Gasteiger partial charge in [-0.05, 0) is 61.9 Å². The van der Waals surface area contributed by atoms with Gasteiger partial charge in [0.25, 0.3) is 5.91 Å². The van der Waals surface area contributed by atoms with Crippen LogP contribution in [0, 0.1) is 13.8 Å². The van der Waals surface area contributed by atoms with Gasteiger partial charge in [0, 0.05) is 17.1 Å². The predicted molar refractivity (Wildman–Crippen MR) is 129 cm³/mol. The van der Waals surface area contributed by atoms with Crippen LogP contribution >= 0.6 is 0 Å². The van der Waals surface area contributed by atoms with Gasteiger partial charge in [-0.25, -0.2) is 4.99 Å². The number of aryl methyl sites for hydroxylation is 2. The predicted octanol–water partition coefficient (Wildman–Crippen LogP) is 4.44. The van der Waals surface area contributed by atoms with Gasteiger partial charge in [0.2, 0.25) is 5.55 Å². The van der Waals surface area contributed by atoms with Crippen LogP contribution in [0.15, 0.2) is 64.1 Å². The highest BCUT2D eigenvalue weighted by atomic mass is 16.5. The molecule has 34 heavy (non-hydrogen) atoms. The average molecular weight is 460 g/mol. The molecule has 0 spiro atoms. The quantitative estimate of drug-likeness (QED) is 0.442. The molecule has 0 radical (unpaired) electrons. The lowest BCUT2D eigenvalue weighted by atomic mass is 10.1. The molecule has 0 saturated carbocycles. The first-order valence-electron chi connectivity index (χ1n) is 10.6. The van der Waals surface area contributed by atoms with Crippen molar-refractivity contribution in [3.05, 3.63) is 82.7 Å². The van der Waals surface area contributed by atoms with Crippen LogP contribution in [0.4, 0.5) is 11.4 Å². The third-order valence-electron chi connectivity index (χ3n) is 5.37. The number of anilines is 1. The molecule has 8 nitrogen and oxygen atoms in total. The summed E-state index contributed by atoms with van der Waals surface area (Å²) in [7, 11) is 3.13. The Hall–Kier alpha value is -4.17. The minimum atomic E-state index is -0.430. The van der Waals surface area contributed by atoms with Crippen molar-refractivity contribution >= 4 is 28.3 Å². The van der Waals surface area contributed by atoms with Gasteiger partial charge in [0.1, 0.15) is 17.1 Å². The number of aliphatic hydroxyl groups is 1. The number of rotatable bonds is 6. The molecule has 174 valence electrons. The second-order valence-electron chi connectivity index (χ2n) is 7.70. The molecule has 2 aromatic carbocycles. The van der Waals surface area contributed by atoms with E-state index in [-0.39, 0.29) is 17.7 Å². The smallest absolute Gasteiger partial charge is 0.261 e. The summed E-state index contributed by atoms with van der Waals surface area (Å²) in [6.45, 7) is 3.47. The summed E-state index contributed by atoms with van der Waals surface area (Å²) in [6.07, 6.45) is 1.57. The third-order valence-corrected chi connectivity index (χ3v) is 5.37. The van der Waals surface area contributed by atoms with Crippen molar-refractivity contribution in [2.45, 2.75) is 20.5 Å². The summed E-state index contributed by atoms with van der Waals surface area (Å²) >= 11 is 0. The van der Waals surface area contributed by atoms with Crippen molar-refractivity contribution in [2.24, 2.45) is 4.99 Å². The average Bonchev–Trinajstić information content (AvgIpc) is 2.85. The van der Waals surface area contributed by atoms with E-state index < -0.39 is 5.91 Å². The molecular weight excluding hydrogens is 434 g/mol. The number of carbonyl (C=O) groups excluding carboxylic acids is 1. The summed E-state index contributed by atoms with van der Waals surface area (Å²) in [6, 6.07) is 14.2. The number of benzene rings is 2. The van der Waals surface area contributed by atoms with Crippen LogP contribution in [-0.4, -0.2) is 30.2 Å². The molecule has 0 atom stereocenters. The number of nitrogens with one attached hydrogen (secondary N) is 1. The second-order valence-corrected chi connectivity index (χ2v) is 7.70. The van der Waals surface area contributed by atoms with Crippen LogP contribution in [0.5, 0.6) is 11.5 Å². The zero-order valence-corrected chi connectivity index (χ0v) is 19.4. The number of amides is 1. The Labute approximate surface area is 196 Å². The minimum Gasteiger partial charge on any atom is -0.497 e. The molecule has 0 bridgehead atoms. The molecule has 0 aliphatic rings. The van der Waals surface area contributed by atoms with Crippen LogP contribution in [0.1, 0.15) is 27.2 Å². The fourth-order valence-electron chi connectivity index (χ4n) is 3.54. The molecule has 4 aromatic rings. The highest BCUT2D eigenvalue weighted by Crippen LogP contribution is 2.27. The number of aromatic nitrogens is 1. The van der Waals surface area contributed by atoms with Crippen LogP contribution in [0.25, 0.3) is 11.0 Å².